The Morgan fingerprint density at radius 1 is 0.958 bits per heavy atom. The maximum atomic E-state index is 14.3. The van der Waals surface area contributed by atoms with Gasteiger partial charge >= 0.3 is 5.97 Å². The zero-order valence-corrected chi connectivity index (χ0v) is 28.8. The highest BCUT2D eigenvalue weighted by atomic mass is 32.2. The van der Waals surface area contributed by atoms with Gasteiger partial charge in [-0.25, -0.2) is 9.79 Å². The molecule has 2 aliphatic heterocycles. The zero-order chi connectivity index (χ0) is 33.6. The lowest BCUT2D eigenvalue weighted by Gasteiger charge is -2.26. The van der Waals surface area contributed by atoms with Crippen LogP contribution < -0.4 is 24.4 Å². The van der Waals surface area contributed by atoms with Crippen molar-refractivity contribution < 1.29 is 23.8 Å². The third-order valence-corrected chi connectivity index (χ3v) is 9.91. The highest BCUT2D eigenvalue weighted by Gasteiger charge is 2.35. The van der Waals surface area contributed by atoms with E-state index in [-0.39, 0.29) is 24.7 Å². The van der Waals surface area contributed by atoms with Crippen molar-refractivity contribution >= 4 is 46.7 Å². The molecule has 4 aromatic rings. The number of hydrogen-bond donors (Lipinski definition) is 0. The molecule has 6 rings (SSSR count). The molecule has 0 aliphatic carbocycles. The maximum Gasteiger partial charge on any atom is 0.338 e. The van der Waals surface area contributed by atoms with Crippen molar-refractivity contribution in [3.63, 3.8) is 0 Å². The van der Waals surface area contributed by atoms with Gasteiger partial charge in [-0.3, -0.25) is 14.2 Å². The molecule has 0 unspecified atom stereocenters. The number of nitrogens with zero attached hydrogens (tertiary/aromatic N) is 3. The second kappa shape index (κ2) is 15.1. The first-order valence-electron chi connectivity index (χ1n) is 16.0. The van der Waals surface area contributed by atoms with E-state index in [4.69, 9.17) is 19.2 Å². The predicted molar refractivity (Wildman–Crippen MR) is 188 cm³/mol. The Morgan fingerprint density at radius 3 is 2.40 bits per heavy atom. The number of carbonyl (C=O) groups is 2. The van der Waals surface area contributed by atoms with Crippen LogP contribution in [0.5, 0.6) is 11.5 Å². The normalized spacial score (nSPS) is 16.0. The molecule has 1 saturated heterocycles. The van der Waals surface area contributed by atoms with Gasteiger partial charge in [0.15, 0.2) is 22.9 Å². The molecule has 1 aromatic heterocycles. The van der Waals surface area contributed by atoms with Gasteiger partial charge in [-0.15, -0.1) is 11.8 Å². The smallest absolute Gasteiger partial charge is 0.338 e. The number of thioether (sulfide) groups is 1. The molecule has 2 aliphatic rings. The van der Waals surface area contributed by atoms with Crippen molar-refractivity contribution in [2.75, 3.05) is 39.2 Å². The summed E-state index contributed by atoms with van der Waals surface area (Å²) in [4.78, 5) is 48.8. The van der Waals surface area contributed by atoms with E-state index in [1.54, 1.807) is 41.5 Å². The Hall–Kier alpha value is -4.61. The molecule has 1 atom stereocenters. The van der Waals surface area contributed by atoms with Crippen LogP contribution in [0.15, 0.2) is 93.1 Å². The summed E-state index contributed by atoms with van der Waals surface area (Å²) in [6.07, 6.45) is 5.81. The first-order valence-corrected chi connectivity index (χ1v) is 18.1. The summed E-state index contributed by atoms with van der Waals surface area (Å²) >= 11 is 2.87. The molecule has 11 heteroatoms. The fourth-order valence-corrected chi connectivity index (χ4v) is 7.30. The Morgan fingerprint density at radius 2 is 1.71 bits per heavy atom. The minimum Gasteiger partial charge on any atom is -0.490 e. The highest BCUT2D eigenvalue weighted by molar-refractivity contribution is 7.98. The second-order valence-corrected chi connectivity index (χ2v) is 13.1. The minimum absolute atomic E-state index is 0.0464. The van der Waals surface area contributed by atoms with Gasteiger partial charge in [-0.05, 0) is 74.4 Å². The van der Waals surface area contributed by atoms with E-state index in [2.05, 4.69) is 0 Å². The Kier molecular flexibility index (Phi) is 10.5. The molecule has 0 bridgehead atoms. The molecule has 9 nitrogen and oxygen atoms in total. The van der Waals surface area contributed by atoms with Crippen molar-refractivity contribution in [3.8, 4) is 11.5 Å². The van der Waals surface area contributed by atoms with Crippen LogP contribution in [-0.4, -0.2) is 60.5 Å². The number of rotatable bonds is 11. The molecular formula is C37H37N3O6S2. The maximum absolute atomic E-state index is 14.3. The summed E-state index contributed by atoms with van der Waals surface area (Å²) in [5, 5.41) is 0. The van der Waals surface area contributed by atoms with Crippen molar-refractivity contribution in [1.29, 1.82) is 0 Å². The molecule has 48 heavy (non-hydrogen) atoms. The summed E-state index contributed by atoms with van der Waals surface area (Å²) in [6, 6.07) is 22.0. The molecule has 1 amide bonds. The second-order valence-electron chi connectivity index (χ2n) is 11.2. The van der Waals surface area contributed by atoms with Gasteiger partial charge < -0.3 is 19.1 Å². The molecule has 0 saturated carbocycles. The van der Waals surface area contributed by atoms with Crippen LogP contribution in [0.25, 0.3) is 11.8 Å². The number of amides is 1. The lowest BCUT2D eigenvalue weighted by atomic mass is 9.93. The summed E-state index contributed by atoms with van der Waals surface area (Å²) in [5.74, 6) is 0.377. The fraction of sp³-hybridized carbons (Fsp3) is 0.297. The predicted octanol–water partition coefficient (Wildman–Crippen LogP) is 5.06. The van der Waals surface area contributed by atoms with Gasteiger partial charge in [0.05, 0.1) is 35.1 Å². The van der Waals surface area contributed by atoms with E-state index >= 15 is 0 Å². The number of hydrogen-bond acceptors (Lipinski definition) is 9. The van der Waals surface area contributed by atoms with Crippen LogP contribution in [0.2, 0.25) is 0 Å². The number of thiazole rings is 1. The molecule has 0 spiro atoms. The van der Waals surface area contributed by atoms with Gasteiger partial charge in [0.2, 0.25) is 0 Å². The molecule has 0 N–H and O–H groups in total. The van der Waals surface area contributed by atoms with E-state index in [9.17, 15) is 14.4 Å². The van der Waals surface area contributed by atoms with Gasteiger partial charge in [0, 0.05) is 23.5 Å². The molecule has 248 valence electrons. The van der Waals surface area contributed by atoms with Crippen LogP contribution >= 0.6 is 23.1 Å². The molecule has 0 radical (unpaired) electrons. The van der Waals surface area contributed by atoms with Crippen LogP contribution in [0, 0.1) is 0 Å². The van der Waals surface area contributed by atoms with E-state index < -0.39 is 12.0 Å². The number of benzene rings is 3. The number of esters is 1. The van der Waals surface area contributed by atoms with E-state index in [1.807, 2.05) is 78.7 Å². The summed E-state index contributed by atoms with van der Waals surface area (Å²) in [6.45, 7) is 5.67. The standard InChI is InChI=1S/C37H37N3O6S2/c1-4-44-29-21-24(13-18-28(29)46-23-31(41)39-19-9-10-20-39)22-30-35(42)40-34(26-14-16-27(47-3)17-15-26)32(36(43)45-5-2)33(38-37(40)48-30)25-11-7-6-8-12-25/h6-8,11-18,21-22,34H,4-5,9-10,19-20,23H2,1-3H3/b30-22+/t34-/m0/s1. The van der Waals surface area contributed by atoms with E-state index in [0.29, 0.717) is 38.7 Å². The van der Waals surface area contributed by atoms with Gasteiger partial charge in [0.25, 0.3) is 11.5 Å². The van der Waals surface area contributed by atoms with E-state index in [0.717, 1.165) is 47.5 Å². The molecule has 3 aromatic carbocycles. The quantitative estimate of drug-likeness (QED) is 0.161. The molecule has 3 heterocycles. The largest absolute Gasteiger partial charge is 0.490 e. The third-order valence-electron chi connectivity index (χ3n) is 8.18. The van der Waals surface area contributed by atoms with Crippen LogP contribution in [0.4, 0.5) is 0 Å². The van der Waals surface area contributed by atoms with Crippen LogP contribution in [0.1, 0.15) is 49.4 Å². The highest BCUT2D eigenvalue weighted by Crippen LogP contribution is 2.36. The Labute approximate surface area is 287 Å². The summed E-state index contributed by atoms with van der Waals surface area (Å²) < 4.78 is 19.4. The number of ether oxygens (including phenoxy) is 3. The van der Waals surface area contributed by atoms with Crippen molar-refractivity contribution in [3.05, 3.63) is 115 Å². The first-order chi connectivity index (χ1) is 23.4. The number of fused-ring (bicyclic) bond motifs is 1. The molecule has 1 fully saturated rings. The third kappa shape index (κ3) is 6.97. The van der Waals surface area contributed by atoms with Crippen LogP contribution in [-0.2, 0) is 14.3 Å². The SMILES string of the molecule is CCOC(=O)C1=C(c2ccccc2)N=c2s/c(=C/c3ccc(OCC(=O)N4CCCC4)c(OCC)c3)c(=O)n2[C@H]1c1ccc(SC)cc1. The van der Waals surface area contributed by atoms with Gasteiger partial charge in [-0.2, -0.15) is 0 Å². The Bertz CT molecular complexity index is 2010. The molecular weight excluding hydrogens is 647 g/mol. The van der Waals surface area contributed by atoms with Crippen molar-refractivity contribution in [1.82, 2.24) is 9.47 Å². The number of carbonyl (C=O) groups excluding carboxylic acids is 2. The minimum atomic E-state index is -0.753. The van der Waals surface area contributed by atoms with Crippen LogP contribution in [0.3, 0.4) is 0 Å². The van der Waals surface area contributed by atoms with Crippen molar-refractivity contribution in [2.45, 2.75) is 37.6 Å². The van der Waals surface area contributed by atoms with Gasteiger partial charge in [-0.1, -0.05) is 59.9 Å². The average molecular weight is 684 g/mol. The summed E-state index contributed by atoms with van der Waals surface area (Å²) in [7, 11) is 0. The number of likely N-dealkylation sites (tertiary alicyclic amines) is 1. The number of aromatic nitrogens is 1. The average Bonchev–Trinajstić information content (AvgIpc) is 3.76. The van der Waals surface area contributed by atoms with Crippen molar-refractivity contribution in [2.24, 2.45) is 4.99 Å². The lowest BCUT2D eigenvalue weighted by molar-refractivity contribution is -0.139. The summed E-state index contributed by atoms with van der Waals surface area (Å²) in [5.41, 5.74) is 2.75. The topological polar surface area (TPSA) is 99.4 Å². The lowest BCUT2D eigenvalue weighted by Crippen LogP contribution is -2.40. The Balaban J connectivity index is 1.45. The zero-order valence-electron chi connectivity index (χ0n) is 27.1. The fourth-order valence-electron chi connectivity index (χ4n) is 5.89. The van der Waals surface area contributed by atoms with Gasteiger partial charge in [0.1, 0.15) is 0 Å². The van der Waals surface area contributed by atoms with E-state index in [1.165, 1.54) is 11.3 Å². The monoisotopic (exact) mass is 683 g/mol. The first kappa shape index (κ1) is 33.3.